The number of carbonyl (C=O) groups excluding carboxylic acids is 1. The minimum absolute atomic E-state index is 0.394. The Kier molecular flexibility index (Phi) is 7.66. The number of hydrogen-bond donors (Lipinski definition) is 2. The van der Waals surface area contributed by atoms with Crippen molar-refractivity contribution in [2.75, 3.05) is 5.32 Å². The van der Waals surface area contributed by atoms with E-state index < -0.39 is 6.03 Å². The topological polar surface area (TPSA) is 62.7 Å². The summed E-state index contributed by atoms with van der Waals surface area (Å²) in [5.41, 5.74) is 5.17. The van der Waals surface area contributed by atoms with E-state index in [-0.39, 0.29) is 0 Å². The van der Waals surface area contributed by atoms with E-state index in [0.717, 1.165) is 24.0 Å². The summed E-state index contributed by atoms with van der Waals surface area (Å²) < 4.78 is 7.94. The zero-order valence-electron chi connectivity index (χ0n) is 14.7. The van der Waals surface area contributed by atoms with Crippen molar-refractivity contribution < 1.29 is 9.53 Å². The van der Waals surface area contributed by atoms with Crippen LogP contribution < -0.4 is 15.5 Å². The molecule has 3 aromatic rings. The molecule has 0 fully saturated rings. The van der Waals surface area contributed by atoms with Crippen LogP contribution in [0.25, 0.3) is 0 Å². The molecule has 0 aliphatic heterocycles. The Balaban J connectivity index is 1.58. The van der Waals surface area contributed by atoms with Crippen molar-refractivity contribution in [1.29, 1.82) is 0 Å². The van der Waals surface area contributed by atoms with E-state index in [2.05, 4.69) is 61.0 Å². The van der Waals surface area contributed by atoms with Crippen molar-refractivity contribution in [2.45, 2.75) is 6.61 Å². The average molecular weight is 597 g/mol. The average Bonchev–Trinajstić information content (AvgIpc) is 2.69. The van der Waals surface area contributed by atoms with E-state index in [4.69, 9.17) is 4.74 Å². The maximum atomic E-state index is 11.9. The lowest BCUT2D eigenvalue weighted by atomic mass is 10.2. The van der Waals surface area contributed by atoms with Gasteiger partial charge in [-0.2, -0.15) is 5.10 Å². The first-order valence-electron chi connectivity index (χ1n) is 8.42. The Hall–Kier alpha value is -2.14. The van der Waals surface area contributed by atoms with E-state index in [9.17, 15) is 4.79 Å². The van der Waals surface area contributed by atoms with Crippen molar-refractivity contribution in [3.8, 4) is 5.75 Å². The summed E-state index contributed by atoms with van der Waals surface area (Å²) in [7, 11) is 0. The van der Waals surface area contributed by atoms with Gasteiger partial charge >= 0.3 is 6.03 Å². The Bertz CT molecular complexity index is 941. The molecule has 2 N–H and O–H groups in total. The summed E-state index contributed by atoms with van der Waals surface area (Å²) in [5.74, 6) is 0.844. The number of rotatable bonds is 6. The molecule has 3 aromatic carbocycles. The largest absolute Gasteiger partial charge is 0.487 e. The Morgan fingerprint density at radius 3 is 2.21 bits per heavy atom. The maximum absolute atomic E-state index is 11.9. The Morgan fingerprint density at radius 2 is 1.57 bits per heavy atom. The standard InChI is InChI=1S/C21H17I2N3O2/c22-18-11-16(13-24-26-21(27)25-17-9-5-2-6-10-17)12-19(23)20(18)28-14-15-7-3-1-4-8-15/h1-13H,14H2,(H2,25,26,27)/b24-13+. The molecule has 5 nitrogen and oxygen atoms in total. The number of amides is 2. The van der Waals surface area contributed by atoms with Crippen LogP contribution in [-0.4, -0.2) is 12.2 Å². The van der Waals surface area contributed by atoms with Gasteiger partial charge in [0.05, 0.1) is 13.4 Å². The van der Waals surface area contributed by atoms with Crippen LogP contribution in [0.2, 0.25) is 0 Å². The van der Waals surface area contributed by atoms with E-state index >= 15 is 0 Å². The molecule has 0 aliphatic rings. The van der Waals surface area contributed by atoms with Crippen LogP contribution in [0.4, 0.5) is 10.5 Å². The quantitative estimate of drug-likeness (QED) is 0.220. The lowest BCUT2D eigenvalue weighted by Gasteiger charge is -2.11. The summed E-state index contributed by atoms with van der Waals surface area (Å²) in [5, 5.41) is 6.71. The highest BCUT2D eigenvalue weighted by atomic mass is 127. The Labute approximate surface area is 190 Å². The monoisotopic (exact) mass is 597 g/mol. The van der Waals surface area contributed by atoms with Crippen LogP contribution in [0, 0.1) is 7.14 Å². The zero-order valence-corrected chi connectivity index (χ0v) is 19.0. The van der Waals surface area contributed by atoms with Gasteiger partial charge in [-0.05, 0) is 80.6 Å². The molecule has 0 unspecified atom stereocenters. The van der Waals surface area contributed by atoms with Crippen molar-refractivity contribution in [3.05, 3.63) is 91.1 Å². The fourth-order valence-corrected chi connectivity index (χ4v) is 4.50. The third-order valence-corrected chi connectivity index (χ3v) is 5.26. The normalized spacial score (nSPS) is 10.6. The summed E-state index contributed by atoms with van der Waals surface area (Å²) in [6, 6.07) is 22.8. The summed E-state index contributed by atoms with van der Waals surface area (Å²) >= 11 is 4.49. The molecular formula is C21H17I2N3O2. The first-order chi connectivity index (χ1) is 13.6. The Morgan fingerprint density at radius 1 is 0.964 bits per heavy atom. The van der Waals surface area contributed by atoms with E-state index in [0.29, 0.717) is 12.3 Å². The van der Waals surface area contributed by atoms with Gasteiger partial charge in [0.2, 0.25) is 0 Å². The number of para-hydroxylation sites is 1. The molecule has 0 radical (unpaired) electrons. The molecule has 0 atom stereocenters. The van der Waals surface area contributed by atoms with Crippen LogP contribution in [-0.2, 0) is 6.61 Å². The molecule has 0 bridgehead atoms. The third-order valence-electron chi connectivity index (χ3n) is 3.66. The number of benzene rings is 3. The number of hydrazone groups is 1. The fraction of sp³-hybridized carbons (Fsp3) is 0.0476. The molecule has 0 spiro atoms. The van der Waals surface area contributed by atoms with Crippen LogP contribution in [0.15, 0.2) is 77.9 Å². The van der Waals surface area contributed by atoms with Gasteiger partial charge in [0.15, 0.2) is 0 Å². The third kappa shape index (κ3) is 6.20. The highest BCUT2D eigenvalue weighted by molar-refractivity contribution is 14.1. The molecule has 3 rings (SSSR count). The van der Waals surface area contributed by atoms with Gasteiger partial charge in [-0.3, -0.25) is 0 Å². The zero-order chi connectivity index (χ0) is 19.8. The first-order valence-corrected chi connectivity index (χ1v) is 10.6. The van der Waals surface area contributed by atoms with Crippen LogP contribution in [0.5, 0.6) is 5.75 Å². The van der Waals surface area contributed by atoms with Gasteiger partial charge in [-0.25, -0.2) is 10.2 Å². The molecule has 2 amide bonds. The number of urea groups is 1. The second-order valence-corrected chi connectivity index (χ2v) is 8.10. The van der Waals surface area contributed by atoms with Gasteiger partial charge in [-0.1, -0.05) is 48.5 Å². The predicted molar refractivity (Wildman–Crippen MR) is 129 cm³/mol. The van der Waals surface area contributed by atoms with Gasteiger partial charge in [0.25, 0.3) is 0 Å². The second-order valence-electron chi connectivity index (χ2n) is 5.78. The lowest BCUT2D eigenvalue weighted by Crippen LogP contribution is -2.24. The van der Waals surface area contributed by atoms with Gasteiger partial charge in [0, 0.05) is 5.69 Å². The minimum atomic E-state index is -0.394. The molecule has 7 heteroatoms. The van der Waals surface area contributed by atoms with E-state index in [1.54, 1.807) is 6.21 Å². The van der Waals surface area contributed by atoms with E-state index in [1.807, 2.05) is 72.8 Å². The molecule has 28 heavy (non-hydrogen) atoms. The van der Waals surface area contributed by atoms with Gasteiger partial charge in [-0.15, -0.1) is 0 Å². The number of anilines is 1. The number of nitrogens with zero attached hydrogens (tertiary/aromatic N) is 1. The highest BCUT2D eigenvalue weighted by Gasteiger charge is 2.09. The van der Waals surface area contributed by atoms with Crippen LogP contribution in [0.1, 0.15) is 11.1 Å². The van der Waals surface area contributed by atoms with Crippen molar-refractivity contribution in [1.82, 2.24) is 5.43 Å². The van der Waals surface area contributed by atoms with E-state index in [1.165, 1.54) is 0 Å². The van der Waals surface area contributed by atoms with Crippen molar-refractivity contribution >= 4 is 63.1 Å². The SMILES string of the molecule is O=C(N/N=C/c1cc(I)c(OCc2ccccc2)c(I)c1)Nc1ccccc1. The number of nitrogens with one attached hydrogen (secondary N) is 2. The first kappa shape index (κ1) is 20.6. The molecule has 0 aromatic heterocycles. The predicted octanol–water partition coefficient (Wildman–Crippen LogP) is 5.63. The molecule has 0 aliphatic carbocycles. The summed E-state index contributed by atoms with van der Waals surface area (Å²) in [6.07, 6.45) is 1.61. The molecule has 0 saturated carbocycles. The highest BCUT2D eigenvalue weighted by Crippen LogP contribution is 2.29. The van der Waals surface area contributed by atoms with Crippen molar-refractivity contribution in [2.24, 2.45) is 5.10 Å². The number of carbonyl (C=O) groups is 1. The summed E-state index contributed by atoms with van der Waals surface area (Å²) in [6.45, 7) is 0.515. The molecule has 0 saturated heterocycles. The smallest absolute Gasteiger partial charge is 0.339 e. The lowest BCUT2D eigenvalue weighted by molar-refractivity contribution is 0.252. The van der Waals surface area contributed by atoms with Gasteiger partial charge < -0.3 is 10.1 Å². The van der Waals surface area contributed by atoms with Gasteiger partial charge in [0.1, 0.15) is 12.4 Å². The van der Waals surface area contributed by atoms with Crippen LogP contribution >= 0.6 is 45.2 Å². The minimum Gasteiger partial charge on any atom is -0.487 e. The van der Waals surface area contributed by atoms with Crippen LogP contribution in [0.3, 0.4) is 0 Å². The second kappa shape index (κ2) is 10.4. The number of hydrogen-bond acceptors (Lipinski definition) is 3. The molecule has 0 heterocycles. The molecular weight excluding hydrogens is 580 g/mol. The fourth-order valence-electron chi connectivity index (χ4n) is 2.37. The molecule has 142 valence electrons. The number of halogens is 2. The number of ether oxygens (including phenoxy) is 1. The summed E-state index contributed by atoms with van der Waals surface area (Å²) in [4.78, 5) is 11.9. The maximum Gasteiger partial charge on any atom is 0.339 e. The van der Waals surface area contributed by atoms with Crippen molar-refractivity contribution in [3.63, 3.8) is 0 Å².